The third-order valence-corrected chi connectivity index (χ3v) is 4.78. The second kappa shape index (κ2) is 7.15. The minimum absolute atomic E-state index is 0.110. The number of benzene rings is 1. The van der Waals surface area contributed by atoms with Gasteiger partial charge < -0.3 is 15.2 Å². The molecule has 1 aliphatic rings. The second-order valence-corrected chi connectivity index (χ2v) is 6.80. The highest BCUT2D eigenvalue weighted by atomic mass is 16.2. The molecule has 0 atom stereocenters. The van der Waals surface area contributed by atoms with E-state index in [1.165, 1.54) is 0 Å². The lowest BCUT2D eigenvalue weighted by atomic mass is 10.1. The average molecular weight is 353 g/mol. The smallest absolute Gasteiger partial charge is 0.263 e. The van der Waals surface area contributed by atoms with E-state index in [0.29, 0.717) is 5.56 Å². The van der Waals surface area contributed by atoms with Gasteiger partial charge in [0.05, 0.1) is 6.54 Å². The van der Waals surface area contributed by atoms with Gasteiger partial charge in [0.1, 0.15) is 5.56 Å². The number of carbonyl (C=O) groups excluding carboxylic acids is 2. The molecule has 1 saturated carbocycles. The van der Waals surface area contributed by atoms with Gasteiger partial charge >= 0.3 is 0 Å². The number of amides is 2. The molecular formula is C20H23N3O3. The van der Waals surface area contributed by atoms with Gasteiger partial charge in [0.25, 0.3) is 11.5 Å². The number of pyridine rings is 1. The number of hydrogen-bond donors (Lipinski definition) is 2. The van der Waals surface area contributed by atoms with Crippen LogP contribution in [0.1, 0.15) is 45.9 Å². The summed E-state index contributed by atoms with van der Waals surface area (Å²) in [5.74, 6) is -0.846. The summed E-state index contributed by atoms with van der Waals surface area (Å²) in [6, 6.07) is 7.62. The molecule has 1 fully saturated rings. The Kier molecular flexibility index (Phi) is 4.93. The molecule has 0 aliphatic heterocycles. The highest BCUT2D eigenvalue weighted by Gasteiger charge is 2.27. The molecule has 136 valence electrons. The summed E-state index contributed by atoms with van der Waals surface area (Å²) in [5.41, 5.74) is 3.21. The van der Waals surface area contributed by atoms with Crippen LogP contribution in [0.3, 0.4) is 0 Å². The van der Waals surface area contributed by atoms with Crippen molar-refractivity contribution < 1.29 is 9.59 Å². The lowest BCUT2D eigenvalue weighted by Gasteiger charge is -2.12. The lowest BCUT2D eigenvalue weighted by molar-refractivity contribution is -0.115. The molecule has 2 N–H and O–H groups in total. The summed E-state index contributed by atoms with van der Waals surface area (Å²) in [5, 5.41) is 5.35. The topological polar surface area (TPSA) is 80.2 Å². The molecule has 3 rings (SSSR count). The van der Waals surface area contributed by atoms with Gasteiger partial charge in [-0.3, -0.25) is 14.4 Å². The molecule has 1 heterocycles. The molecule has 0 radical (unpaired) electrons. The van der Waals surface area contributed by atoms with E-state index in [1.54, 1.807) is 23.8 Å². The van der Waals surface area contributed by atoms with Crippen LogP contribution in [0.5, 0.6) is 0 Å². The number of nitrogens with zero attached hydrogens (tertiary/aromatic N) is 1. The zero-order valence-corrected chi connectivity index (χ0v) is 15.3. The van der Waals surface area contributed by atoms with E-state index in [4.69, 9.17) is 0 Å². The Hall–Kier alpha value is -2.89. The van der Waals surface area contributed by atoms with Gasteiger partial charge in [0, 0.05) is 17.9 Å². The van der Waals surface area contributed by atoms with Crippen molar-refractivity contribution in [2.75, 3.05) is 11.9 Å². The Bertz CT molecular complexity index is 926. The molecule has 2 aromatic rings. The first-order valence-corrected chi connectivity index (χ1v) is 8.74. The Balaban J connectivity index is 1.67. The van der Waals surface area contributed by atoms with E-state index >= 15 is 0 Å². The van der Waals surface area contributed by atoms with Crippen molar-refractivity contribution in [3.8, 4) is 0 Å². The van der Waals surface area contributed by atoms with E-state index in [0.717, 1.165) is 29.7 Å². The largest absolute Gasteiger partial charge is 0.343 e. The molecule has 6 nitrogen and oxygen atoms in total. The van der Waals surface area contributed by atoms with Gasteiger partial charge in [0.2, 0.25) is 5.91 Å². The highest BCUT2D eigenvalue weighted by Crippen LogP contribution is 2.33. The fraction of sp³-hybridized carbons (Fsp3) is 0.350. The van der Waals surface area contributed by atoms with Crippen LogP contribution in [0.25, 0.3) is 0 Å². The van der Waals surface area contributed by atoms with Crippen molar-refractivity contribution in [2.45, 2.75) is 39.7 Å². The monoisotopic (exact) mass is 353 g/mol. The predicted molar refractivity (Wildman–Crippen MR) is 101 cm³/mol. The van der Waals surface area contributed by atoms with E-state index in [-0.39, 0.29) is 29.6 Å². The quantitative estimate of drug-likeness (QED) is 0.867. The predicted octanol–water partition coefficient (Wildman–Crippen LogP) is 2.48. The molecule has 0 saturated heterocycles. The summed E-state index contributed by atoms with van der Waals surface area (Å²) < 4.78 is 1.61. The van der Waals surface area contributed by atoms with Gasteiger partial charge in [-0.25, -0.2) is 0 Å². The lowest BCUT2D eigenvalue weighted by Crippen LogP contribution is -2.37. The van der Waals surface area contributed by atoms with Gasteiger partial charge in [0.15, 0.2) is 0 Å². The summed E-state index contributed by atoms with van der Waals surface area (Å²) in [4.78, 5) is 37.1. The maximum absolute atomic E-state index is 12.5. The standard InChI is InChI=1S/C20H23N3O3/c1-12-5-4-6-16(14(12)3)22-17(24)11-21-19(25)18-13(2)9-10-23(20(18)26)15-7-8-15/h4-6,9-10,15H,7-8,11H2,1-3H3,(H,21,25)(H,22,24). The first-order valence-electron chi connectivity index (χ1n) is 8.74. The minimum atomic E-state index is -0.515. The summed E-state index contributed by atoms with van der Waals surface area (Å²) in [7, 11) is 0. The van der Waals surface area contributed by atoms with E-state index < -0.39 is 5.91 Å². The van der Waals surface area contributed by atoms with Gasteiger partial charge in [-0.15, -0.1) is 0 Å². The second-order valence-electron chi connectivity index (χ2n) is 6.80. The fourth-order valence-corrected chi connectivity index (χ4v) is 2.89. The number of aryl methyl sites for hydroxylation is 2. The molecule has 0 bridgehead atoms. The van der Waals surface area contributed by atoms with E-state index in [1.807, 2.05) is 32.0 Å². The van der Waals surface area contributed by atoms with Crippen molar-refractivity contribution in [3.05, 3.63) is 63.1 Å². The third kappa shape index (κ3) is 3.69. The van der Waals surface area contributed by atoms with Crippen LogP contribution in [-0.4, -0.2) is 22.9 Å². The normalized spacial score (nSPS) is 13.3. The first-order chi connectivity index (χ1) is 12.4. The molecule has 1 aromatic heterocycles. The van der Waals surface area contributed by atoms with Crippen LogP contribution in [0.4, 0.5) is 5.69 Å². The van der Waals surface area contributed by atoms with E-state index in [2.05, 4.69) is 10.6 Å². The zero-order chi connectivity index (χ0) is 18.8. The van der Waals surface area contributed by atoms with Crippen molar-refractivity contribution >= 4 is 17.5 Å². The van der Waals surface area contributed by atoms with Crippen LogP contribution in [0, 0.1) is 20.8 Å². The number of nitrogens with one attached hydrogen (secondary N) is 2. The van der Waals surface area contributed by atoms with Gasteiger partial charge in [-0.2, -0.15) is 0 Å². The van der Waals surface area contributed by atoms with Gasteiger partial charge in [-0.05, 0) is 62.4 Å². The summed E-state index contributed by atoms with van der Waals surface area (Å²) in [6.45, 7) is 5.43. The highest BCUT2D eigenvalue weighted by molar-refractivity contribution is 6.00. The molecule has 6 heteroatoms. The Morgan fingerprint density at radius 2 is 1.85 bits per heavy atom. The number of aromatic nitrogens is 1. The van der Waals surface area contributed by atoms with Crippen molar-refractivity contribution in [1.82, 2.24) is 9.88 Å². The molecule has 0 spiro atoms. The number of anilines is 1. The molecule has 2 amide bonds. The summed E-state index contributed by atoms with van der Waals surface area (Å²) >= 11 is 0. The van der Waals surface area contributed by atoms with Crippen LogP contribution in [0.15, 0.2) is 35.3 Å². The Labute approximate surface area is 152 Å². The zero-order valence-electron chi connectivity index (χ0n) is 15.3. The molecule has 1 aliphatic carbocycles. The first kappa shape index (κ1) is 17.9. The molecular weight excluding hydrogens is 330 g/mol. The number of carbonyl (C=O) groups is 2. The summed E-state index contributed by atoms with van der Waals surface area (Å²) in [6.07, 6.45) is 3.66. The van der Waals surface area contributed by atoms with Crippen LogP contribution in [-0.2, 0) is 4.79 Å². The van der Waals surface area contributed by atoms with Crippen molar-refractivity contribution in [2.24, 2.45) is 0 Å². The molecule has 0 unspecified atom stereocenters. The number of rotatable bonds is 5. The minimum Gasteiger partial charge on any atom is -0.343 e. The van der Waals surface area contributed by atoms with Gasteiger partial charge in [-0.1, -0.05) is 12.1 Å². The molecule has 26 heavy (non-hydrogen) atoms. The Morgan fingerprint density at radius 3 is 2.54 bits per heavy atom. The SMILES string of the molecule is Cc1cccc(NC(=O)CNC(=O)c2c(C)ccn(C3CC3)c2=O)c1C. The number of hydrogen-bond acceptors (Lipinski definition) is 3. The third-order valence-electron chi connectivity index (χ3n) is 4.78. The average Bonchev–Trinajstić information content (AvgIpc) is 3.42. The van der Waals surface area contributed by atoms with E-state index in [9.17, 15) is 14.4 Å². The maximum Gasteiger partial charge on any atom is 0.263 e. The molecule has 1 aromatic carbocycles. The van der Waals surface area contributed by atoms with Crippen LogP contribution < -0.4 is 16.2 Å². The van der Waals surface area contributed by atoms with Crippen molar-refractivity contribution in [3.63, 3.8) is 0 Å². The fourth-order valence-electron chi connectivity index (χ4n) is 2.89. The maximum atomic E-state index is 12.5. The Morgan fingerprint density at radius 1 is 1.12 bits per heavy atom. The van der Waals surface area contributed by atoms with Crippen molar-refractivity contribution in [1.29, 1.82) is 0 Å². The van der Waals surface area contributed by atoms with Crippen LogP contribution in [0.2, 0.25) is 0 Å². The van der Waals surface area contributed by atoms with Crippen LogP contribution >= 0.6 is 0 Å².